The maximum absolute atomic E-state index is 12.2. The average Bonchev–Trinajstić information content (AvgIpc) is 2.45. The first kappa shape index (κ1) is 16.6. The van der Waals surface area contributed by atoms with Gasteiger partial charge in [-0.3, -0.25) is 4.79 Å². The molecule has 22 heavy (non-hydrogen) atoms. The summed E-state index contributed by atoms with van der Waals surface area (Å²) in [6.45, 7) is 7.70. The van der Waals surface area contributed by atoms with Crippen LogP contribution in [0.4, 0.5) is 5.69 Å². The Hall–Kier alpha value is -1.81. The molecular formula is C18H20BrNO2. The molecule has 1 amide bonds. The van der Waals surface area contributed by atoms with E-state index in [1.807, 2.05) is 57.2 Å². The van der Waals surface area contributed by atoms with Crippen LogP contribution < -0.4 is 10.1 Å². The Bertz CT molecular complexity index is 657. The molecule has 0 spiro atoms. The molecule has 0 aliphatic rings. The normalized spacial score (nSPS) is 11.9. The lowest BCUT2D eigenvalue weighted by atomic mass is 10.1. The molecule has 1 N–H and O–H groups in total. The standard InChI is InChI=1S/C18H20BrNO2/c1-11-5-7-16(8-6-11)20-18(21)14(4)22-17-12(2)9-15(19)10-13(17)3/h5-10,14H,1-4H3,(H,20,21). The minimum atomic E-state index is -0.570. The number of anilines is 1. The monoisotopic (exact) mass is 361 g/mol. The van der Waals surface area contributed by atoms with Gasteiger partial charge in [-0.25, -0.2) is 0 Å². The summed E-state index contributed by atoms with van der Waals surface area (Å²) < 4.78 is 6.86. The maximum atomic E-state index is 12.2. The van der Waals surface area contributed by atoms with Gasteiger partial charge in [0, 0.05) is 10.2 Å². The number of aryl methyl sites for hydroxylation is 3. The van der Waals surface area contributed by atoms with Crippen LogP contribution in [0.15, 0.2) is 40.9 Å². The Balaban J connectivity index is 2.07. The number of carbonyl (C=O) groups is 1. The second-order valence-corrected chi connectivity index (χ2v) is 6.40. The Morgan fingerprint density at radius 3 is 2.18 bits per heavy atom. The molecular weight excluding hydrogens is 342 g/mol. The lowest BCUT2D eigenvalue weighted by Crippen LogP contribution is -2.30. The molecule has 4 heteroatoms. The van der Waals surface area contributed by atoms with E-state index in [0.29, 0.717) is 0 Å². The molecule has 0 aliphatic carbocycles. The van der Waals surface area contributed by atoms with Crippen molar-refractivity contribution in [3.05, 3.63) is 57.6 Å². The quantitative estimate of drug-likeness (QED) is 0.850. The number of nitrogens with one attached hydrogen (secondary N) is 1. The first-order chi connectivity index (χ1) is 10.4. The van der Waals surface area contributed by atoms with E-state index in [2.05, 4.69) is 21.2 Å². The van der Waals surface area contributed by atoms with E-state index >= 15 is 0 Å². The molecule has 0 aromatic heterocycles. The van der Waals surface area contributed by atoms with Crippen LogP contribution in [0.3, 0.4) is 0 Å². The van der Waals surface area contributed by atoms with Crippen molar-refractivity contribution in [2.45, 2.75) is 33.8 Å². The molecule has 0 radical (unpaired) electrons. The fourth-order valence-corrected chi connectivity index (χ4v) is 2.88. The van der Waals surface area contributed by atoms with E-state index in [4.69, 9.17) is 4.74 Å². The zero-order valence-electron chi connectivity index (χ0n) is 13.2. The van der Waals surface area contributed by atoms with E-state index in [9.17, 15) is 4.79 Å². The average molecular weight is 362 g/mol. The van der Waals surface area contributed by atoms with E-state index in [1.54, 1.807) is 6.92 Å². The first-order valence-electron chi connectivity index (χ1n) is 7.18. The third-order valence-electron chi connectivity index (χ3n) is 3.41. The molecule has 0 aliphatic heterocycles. The summed E-state index contributed by atoms with van der Waals surface area (Å²) >= 11 is 3.46. The number of rotatable bonds is 4. The Morgan fingerprint density at radius 2 is 1.64 bits per heavy atom. The van der Waals surface area contributed by atoms with Crippen molar-refractivity contribution in [2.24, 2.45) is 0 Å². The van der Waals surface area contributed by atoms with Crippen LogP contribution in [-0.4, -0.2) is 12.0 Å². The van der Waals surface area contributed by atoms with Crippen molar-refractivity contribution in [3.63, 3.8) is 0 Å². The number of hydrogen-bond donors (Lipinski definition) is 1. The fourth-order valence-electron chi connectivity index (χ4n) is 2.19. The molecule has 2 aromatic carbocycles. The SMILES string of the molecule is Cc1ccc(NC(=O)C(C)Oc2c(C)cc(Br)cc2C)cc1. The second-order valence-electron chi connectivity index (χ2n) is 5.48. The van der Waals surface area contributed by atoms with Crippen LogP contribution in [0.5, 0.6) is 5.75 Å². The molecule has 0 saturated carbocycles. The van der Waals surface area contributed by atoms with Crippen molar-refractivity contribution in [1.82, 2.24) is 0 Å². The van der Waals surface area contributed by atoms with Crippen LogP contribution >= 0.6 is 15.9 Å². The molecule has 1 unspecified atom stereocenters. The first-order valence-corrected chi connectivity index (χ1v) is 7.97. The molecule has 2 rings (SSSR count). The smallest absolute Gasteiger partial charge is 0.265 e. The van der Waals surface area contributed by atoms with Gasteiger partial charge in [0.2, 0.25) is 0 Å². The zero-order valence-corrected chi connectivity index (χ0v) is 14.8. The molecule has 116 valence electrons. The molecule has 2 aromatic rings. The van der Waals surface area contributed by atoms with Crippen molar-refractivity contribution in [3.8, 4) is 5.75 Å². The van der Waals surface area contributed by atoms with Crippen LogP contribution in [0.1, 0.15) is 23.6 Å². The summed E-state index contributed by atoms with van der Waals surface area (Å²) in [5.41, 5.74) is 3.93. The van der Waals surface area contributed by atoms with Crippen LogP contribution in [0.25, 0.3) is 0 Å². The van der Waals surface area contributed by atoms with Crippen molar-refractivity contribution in [2.75, 3.05) is 5.32 Å². The number of carbonyl (C=O) groups excluding carboxylic acids is 1. The minimum Gasteiger partial charge on any atom is -0.480 e. The predicted molar refractivity (Wildman–Crippen MR) is 93.5 cm³/mol. The number of benzene rings is 2. The summed E-state index contributed by atoms with van der Waals surface area (Å²) in [5, 5.41) is 2.87. The third kappa shape index (κ3) is 4.10. The number of amides is 1. The van der Waals surface area contributed by atoms with E-state index < -0.39 is 6.10 Å². The lowest BCUT2D eigenvalue weighted by Gasteiger charge is -2.18. The number of hydrogen-bond acceptors (Lipinski definition) is 2. The van der Waals surface area contributed by atoms with Crippen LogP contribution in [0, 0.1) is 20.8 Å². The van der Waals surface area contributed by atoms with Crippen LogP contribution in [0.2, 0.25) is 0 Å². The Morgan fingerprint density at radius 1 is 1.09 bits per heavy atom. The molecule has 0 saturated heterocycles. The summed E-state index contributed by atoms with van der Waals surface area (Å²) in [5.74, 6) is 0.598. The van der Waals surface area contributed by atoms with Gasteiger partial charge in [0.05, 0.1) is 0 Å². The fraction of sp³-hybridized carbons (Fsp3) is 0.278. The van der Waals surface area contributed by atoms with Gasteiger partial charge in [-0.2, -0.15) is 0 Å². The highest BCUT2D eigenvalue weighted by Crippen LogP contribution is 2.28. The van der Waals surface area contributed by atoms with E-state index in [1.165, 1.54) is 0 Å². The van der Waals surface area contributed by atoms with E-state index in [-0.39, 0.29) is 5.91 Å². The Kier molecular flexibility index (Phi) is 5.24. The summed E-state index contributed by atoms with van der Waals surface area (Å²) in [4.78, 5) is 12.2. The Labute approximate surface area is 139 Å². The highest BCUT2D eigenvalue weighted by molar-refractivity contribution is 9.10. The molecule has 0 fully saturated rings. The maximum Gasteiger partial charge on any atom is 0.265 e. The molecule has 0 heterocycles. The zero-order chi connectivity index (χ0) is 16.3. The van der Waals surface area contributed by atoms with Gasteiger partial charge in [0.25, 0.3) is 5.91 Å². The summed E-state index contributed by atoms with van der Waals surface area (Å²) in [7, 11) is 0. The summed E-state index contributed by atoms with van der Waals surface area (Å²) in [6, 6.07) is 11.7. The highest BCUT2D eigenvalue weighted by atomic mass is 79.9. The number of ether oxygens (including phenoxy) is 1. The van der Waals surface area contributed by atoms with Gasteiger partial charge >= 0.3 is 0 Å². The van der Waals surface area contributed by atoms with Crippen molar-refractivity contribution >= 4 is 27.5 Å². The van der Waals surface area contributed by atoms with Crippen molar-refractivity contribution < 1.29 is 9.53 Å². The second kappa shape index (κ2) is 6.97. The van der Waals surface area contributed by atoms with Gasteiger partial charge in [-0.1, -0.05) is 33.6 Å². The van der Waals surface area contributed by atoms with E-state index in [0.717, 1.165) is 32.6 Å². The molecule has 0 bridgehead atoms. The lowest BCUT2D eigenvalue weighted by molar-refractivity contribution is -0.122. The van der Waals surface area contributed by atoms with Gasteiger partial charge in [0.1, 0.15) is 5.75 Å². The van der Waals surface area contributed by atoms with Gasteiger partial charge in [-0.15, -0.1) is 0 Å². The van der Waals surface area contributed by atoms with Crippen LogP contribution in [-0.2, 0) is 4.79 Å². The van der Waals surface area contributed by atoms with Gasteiger partial charge < -0.3 is 10.1 Å². The molecule has 3 nitrogen and oxygen atoms in total. The third-order valence-corrected chi connectivity index (χ3v) is 3.87. The highest BCUT2D eigenvalue weighted by Gasteiger charge is 2.17. The topological polar surface area (TPSA) is 38.3 Å². The molecule has 1 atom stereocenters. The van der Waals surface area contributed by atoms with Crippen molar-refractivity contribution in [1.29, 1.82) is 0 Å². The van der Waals surface area contributed by atoms with Gasteiger partial charge in [0.15, 0.2) is 6.10 Å². The summed E-state index contributed by atoms with van der Waals surface area (Å²) in [6.07, 6.45) is -0.570. The largest absolute Gasteiger partial charge is 0.480 e. The number of halogens is 1. The predicted octanol–water partition coefficient (Wildman–Crippen LogP) is 4.78. The minimum absolute atomic E-state index is 0.162. The van der Waals surface area contributed by atoms with Gasteiger partial charge in [-0.05, 0) is 63.1 Å².